The Morgan fingerprint density at radius 1 is 0.950 bits per heavy atom. The van der Waals surface area contributed by atoms with E-state index < -0.39 is 0 Å². The summed E-state index contributed by atoms with van der Waals surface area (Å²) in [5.74, 6) is 0.533. The van der Waals surface area contributed by atoms with Crippen molar-refractivity contribution in [3.05, 3.63) is 84.1 Å². The molecule has 0 saturated heterocycles. The van der Waals surface area contributed by atoms with Gasteiger partial charge in [-0.2, -0.15) is 0 Å². The van der Waals surface area contributed by atoms with E-state index in [1.807, 2.05) is 12.3 Å². The van der Waals surface area contributed by atoms with Crippen LogP contribution in [0.3, 0.4) is 0 Å². The lowest BCUT2D eigenvalue weighted by molar-refractivity contribution is 0.252. The summed E-state index contributed by atoms with van der Waals surface area (Å²) in [6, 6.07) is 21.0. The van der Waals surface area contributed by atoms with Crippen LogP contribution in [0.1, 0.15) is 30.4 Å². The average molecular weight is 266 g/mol. The number of benzene rings is 2. The Bertz CT molecular complexity index is 502. The van der Waals surface area contributed by atoms with Crippen molar-refractivity contribution in [3.63, 3.8) is 0 Å². The molecule has 1 atom stereocenters. The van der Waals surface area contributed by atoms with Crippen molar-refractivity contribution >= 4 is 0 Å². The fourth-order valence-electron chi connectivity index (χ4n) is 2.13. The molecule has 0 aliphatic rings. The second-order valence-electron chi connectivity index (χ2n) is 5.03. The summed E-state index contributed by atoms with van der Waals surface area (Å²) in [5, 5.41) is 0. The third-order valence-corrected chi connectivity index (χ3v) is 3.40. The highest BCUT2D eigenvalue weighted by molar-refractivity contribution is 5.19. The van der Waals surface area contributed by atoms with E-state index in [1.54, 1.807) is 0 Å². The van der Waals surface area contributed by atoms with E-state index in [4.69, 9.17) is 4.74 Å². The zero-order valence-electron chi connectivity index (χ0n) is 12.0. The molecule has 1 unspecified atom stereocenters. The molecule has 0 aromatic heterocycles. The SMILES string of the molecule is CC(CC=COCCc1ccccc1)c1ccccc1. The summed E-state index contributed by atoms with van der Waals surface area (Å²) in [7, 11) is 0. The molecule has 2 aromatic rings. The van der Waals surface area contributed by atoms with Gasteiger partial charge in [-0.05, 0) is 29.5 Å². The van der Waals surface area contributed by atoms with E-state index in [9.17, 15) is 0 Å². The van der Waals surface area contributed by atoms with E-state index in [-0.39, 0.29) is 0 Å². The Morgan fingerprint density at radius 2 is 1.60 bits per heavy atom. The lowest BCUT2D eigenvalue weighted by Gasteiger charge is -2.08. The first kappa shape index (κ1) is 14.4. The third-order valence-electron chi connectivity index (χ3n) is 3.40. The summed E-state index contributed by atoms with van der Waals surface area (Å²) in [6.45, 7) is 2.98. The van der Waals surface area contributed by atoms with Crippen molar-refractivity contribution in [2.24, 2.45) is 0 Å². The minimum atomic E-state index is 0.533. The van der Waals surface area contributed by atoms with Crippen molar-refractivity contribution < 1.29 is 4.74 Å². The largest absolute Gasteiger partial charge is 0.501 e. The second-order valence-corrected chi connectivity index (χ2v) is 5.03. The van der Waals surface area contributed by atoms with Gasteiger partial charge >= 0.3 is 0 Å². The molecule has 20 heavy (non-hydrogen) atoms. The average Bonchev–Trinajstić information content (AvgIpc) is 2.52. The Morgan fingerprint density at radius 3 is 2.30 bits per heavy atom. The van der Waals surface area contributed by atoms with Crippen molar-refractivity contribution in [1.29, 1.82) is 0 Å². The van der Waals surface area contributed by atoms with Gasteiger partial charge in [0.25, 0.3) is 0 Å². The maximum atomic E-state index is 5.54. The zero-order valence-corrected chi connectivity index (χ0v) is 12.0. The molecule has 2 rings (SSSR count). The number of allylic oxidation sites excluding steroid dienone is 1. The van der Waals surface area contributed by atoms with E-state index >= 15 is 0 Å². The molecule has 2 aromatic carbocycles. The van der Waals surface area contributed by atoms with Crippen LogP contribution < -0.4 is 0 Å². The highest BCUT2D eigenvalue weighted by atomic mass is 16.5. The van der Waals surface area contributed by atoms with Crippen molar-refractivity contribution in [2.75, 3.05) is 6.61 Å². The summed E-state index contributed by atoms with van der Waals surface area (Å²) >= 11 is 0. The highest BCUT2D eigenvalue weighted by Gasteiger charge is 2.01. The van der Waals surface area contributed by atoms with E-state index in [2.05, 4.69) is 67.6 Å². The smallest absolute Gasteiger partial charge is 0.0913 e. The van der Waals surface area contributed by atoms with Gasteiger partial charge in [0.1, 0.15) is 0 Å². The van der Waals surface area contributed by atoms with Crippen molar-refractivity contribution in [2.45, 2.75) is 25.7 Å². The molecule has 1 heteroatoms. The van der Waals surface area contributed by atoms with Crippen LogP contribution in [-0.4, -0.2) is 6.61 Å². The molecule has 0 heterocycles. The number of rotatable bonds is 7. The molecule has 104 valence electrons. The normalized spacial score (nSPS) is 12.4. The zero-order chi connectivity index (χ0) is 14.0. The minimum Gasteiger partial charge on any atom is -0.501 e. The minimum absolute atomic E-state index is 0.533. The molecule has 0 aliphatic heterocycles. The predicted octanol–water partition coefficient (Wildman–Crippen LogP) is 4.95. The summed E-state index contributed by atoms with van der Waals surface area (Å²) in [6.07, 6.45) is 5.92. The van der Waals surface area contributed by atoms with Gasteiger partial charge in [0.05, 0.1) is 12.9 Å². The fraction of sp³-hybridized carbons (Fsp3) is 0.263. The first-order valence-corrected chi connectivity index (χ1v) is 7.22. The third kappa shape index (κ3) is 4.93. The van der Waals surface area contributed by atoms with Crippen LogP contribution in [-0.2, 0) is 11.2 Å². The Hall–Kier alpha value is -2.02. The molecule has 0 N–H and O–H groups in total. The highest BCUT2D eigenvalue weighted by Crippen LogP contribution is 2.18. The molecular formula is C19H22O. The van der Waals surface area contributed by atoms with Gasteiger partial charge in [-0.3, -0.25) is 0 Å². The fourth-order valence-corrected chi connectivity index (χ4v) is 2.13. The lowest BCUT2D eigenvalue weighted by Crippen LogP contribution is -1.94. The molecule has 0 aliphatic carbocycles. The first-order chi connectivity index (χ1) is 9.86. The molecule has 0 saturated carbocycles. The maximum absolute atomic E-state index is 5.54. The van der Waals surface area contributed by atoms with Crippen LogP contribution in [0.5, 0.6) is 0 Å². The van der Waals surface area contributed by atoms with Crippen LogP contribution in [0.4, 0.5) is 0 Å². The van der Waals surface area contributed by atoms with Crippen LogP contribution in [0.25, 0.3) is 0 Å². The number of hydrogen-bond donors (Lipinski definition) is 0. The molecule has 0 spiro atoms. The van der Waals surface area contributed by atoms with Crippen LogP contribution in [0.2, 0.25) is 0 Å². The lowest BCUT2D eigenvalue weighted by atomic mass is 9.98. The van der Waals surface area contributed by atoms with Gasteiger partial charge in [0.2, 0.25) is 0 Å². The van der Waals surface area contributed by atoms with E-state index in [0.29, 0.717) is 5.92 Å². The standard InChI is InChI=1S/C19H22O/c1-17(19-12-6-3-7-13-19)9-8-15-20-16-14-18-10-4-2-5-11-18/h2-8,10-13,15,17H,9,14,16H2,1H3. The van der Waals surface area contributed by atoms with Gasteiger partial charge in [-0.1, -0.05) is 67.6 Å². The summed E-state index contributed by atoms with van der Waals surface area (Å²) in [4.78, 5) is 0. The molecule has 0 radical (unpaired) electrons. The summed E-state index contributed by atoms with van der Waals surface area (Å²) in [5.41, 5.74) is 2.69. The summed E-state index contributed by atoms with van der Waals surface area (Å²) < 4.78 is 5.54. The van der Waals surface area contributed by atoms with Gasteiger partial charge in [0.15, 0.2) is 0 Å². The van der Waals surface area contributed by atoms with E-state index in [1.165, 1.54) is 11.1 Å². The topological polar surface area (TPSA) is 9.23 Å². The van der Waals surface area contributed by atoms with Crippen LogP contribution in [0.15, 0.2) is 73.0 Å². The van der Waals surface area contributed by atoms with Crippen molar-refractivity contribution in [3.8, 4) is 0 Å². The van der Waals surface area contributed by atoms with Gasteiger partial charge < -0.3 is 4.74 Å². The van der Waals surface area contributed by atoms with Gasteiger partial charge in [0, 0.05) is 6.42 Å². The van der Waals surface area contributed by atoms with Gasteiger partial charge in [-0.25, -0.2) is 0 Å². The molecule has 0 fully saturated rings. The second kappa shape index (κ2) is 8.21. The Balaban J connectivity index is 1.65. The van der Waals surface area contributed by atoms with Crippen LogP contribution >= 0.6 is 0 Å². The number of hydrogen-bond acceptors (Lipinski definition) is 1. The maximum Gasteiger partial charge on any atom is 0.0913 e. The number of ether oxygens (including phenoxy) is 1. The predicted molar refractivity (Wildman–Crippen MR) is 84.7 cm³/mol. The van der Waals surface area contributed by atoms with Crippen molar-refractivity contribution in [1.82, 2.24) is 0 Å². The molecule has 0 amide bonds. The Labute approximate surface area is 121 Å². The molecule has 0 bridgehead atoms. The Kier molecular flexibility index (Phi) is 5.91. The molecule has 1 nitrogen and oxygen atoms in total. The quantitative estimate of drug-likeness (QED) is 0.509. The molecular weight excluding hydrogens is 244 g/mol. The van der Waals surface area contributed by atoms with Gasteiger partial charge in [-0.15, -0.1) is 0 Å². The first-order valence-electron chi connectivity index (χ1n) is 7.22. The van der Waals surface area contributed by atoms with Crippen LogP contribution in [0, 0.1) is 0 Å². The monoisotopic (exact) mass is 266 g/mol. The van der Waals surface area contributed by atoms with E-state index in [0.717, 1.165) is 19.4 Å².